The number of nitrogens with one attached hydrogen (secondary N) is 1. The van der Waals surface area contributed by atoms with Gasteiger partial charge in [-0.1, -0.05) is 24.3 Å². The number of rotatable bonds is 3. The highest BCUT2D eigenvalue weighted by Crippen LogP contribution is 2.26. The Bertz CT molecular complexity index is 819. The molecule has 2 aromatic carbocycles. The van der Waals surface area contributed by atoms with E-state index in [1.54, 1.807) is 24.3 Å². The van der Waals surface area contributed by atoms with Crippen LogP contribution < -0.4 is 5.32 Å². The van der Waals surface area contributed by atoms with Crippen LogP contribution in [0.4, 0.5) is 0 Å². The van der Waals surface area contributed by atoms with E-state index in [2.05, 4.69) is 5.32 Å². The van der Waals surface area contributed by atoms with Crippen molar-refractivity contribution in [3.05, 3.63) is 65.2 Å². The summed E-state index contributed by atoms with van der Waals surface area (Å²) in [6.07, 6.45) is 1.30. The number of amides is 1. The largest absolute Gasteiger partial charge is 0.349 e. The van der Waals surface area contributed by atoms with E-state index in [1.807, 2.05) is 18.2 Å². The fraction of sp³-hybridized carbons (Fsp3) is 0.188. The first-order chi connectivity index (χ1) is 10.4. The van der Waals surface area contributed by atoms with Gasteiger partial charge in [-0.2, -0.15) is 0 Å². The third kappa shape index (κ3) is 3.15. The second kappa shape index (κ2) is 5.74. The third-order valence-corrected chi connectivity index (χ3v) is 5.11. The average Bonchev–Trinajstić information content (AvgIpc) is 2.88. The first-order valence-electron chi connectivity index (χ1n) is 6.86. The van der Waals surface area contributed by atoms with Crippen LogP contribution in [0.15, 0.2) is 53.4 Å². The Hall–Kier alpha value is -1.85. The number of hydrogen-bond acceptors (Lipinski definition) is 3. The molecular weight excluding hydrogens is 322 g/mol. The molecule has 0 aliphatic heterocycles. The molecule has 4 nitrogen and oxygen atoms in total. The topological polar surface area (TPSA) is 63.2 Å². The van der Waals surface area contributed by atoms with E-state index in [1.165, 1.54) is 6.07 Å². The molecule has 0 aromatic heterocycles. The molecule has 0 fully saturated rings. The van der Waals surface area contributed by atoms with Gasteiger partial charge in [-0.3, -0.25) is 4.79 Å². The number of fused-ring (bicyclic) bond motifs is 1. The summed E-state index contributed by atoms with van der Waals surface area (Å²) in [7, 11) is 1.64. The smallest absolute Gasteiger partial charge is 0.261 e. The van der Waals surface area contributed by atoms with Crippen molar-refractivity contribution >= 4 is 25.6 Å². The van der Waals surface area contributed by atoms with E-state index >= 15 is 0 Å². The number of hydrogen-bond donors (Lipinski definition) is 1. The first kappa shape index (κ1) is 15.1. The molecule has 0 radical (unpaired) electrons. The van der Waals surface area contributed by atoms with Crippen LogP contribution in [-0.2, 0) is 21.9 Å². The van der Waals surface area contributed by atoms with Gasteiger partial charge in [-0.25, -0.2) is 8.42 Å². The van der Waals surface area contributed by atoms with Gasteiger partial charge in [0.05, 0.1) is 4.90 Å². The molecule has 0 bridgehead atoms. The van der Waals surface area contributed by atoms with E-state index in [-0.39, 0.29) is 16.8 Å². The fourth-order valence-electron chi connectivity index (χ4n) is 2.71. The van der Waals surface area contributed by atoms with Gasteiger partial charge in [0.15, 0.2) is 0 Å². The molecule has 1 N–H and O–H groups in total. The average molecular weight is 336 g/mol. The van der Waals surface area contributed by atoms with E-state index in [0.29, 0.717) is 18.4 Å². The minimum absolute atomic E-state index is 0.0315. The number of benzene rings is 2. The lowest BCUT2D eigenvalue weighted by molar-refractivity contribution is 0.0938. The Labute approximate surface area is 133 Å². The summed E-state index contributed by atoms with van der Waals surface area (Å²) in [5, 5.41) is 2.98. The summed E-state index contributed by atoms with van der Waals surface area (Å²) in [4.78, 5) is 12.2. The lowest BCUT2D eigenvalue weighted by Gasteiger charge is -2.11. The second-order valence-corrected chi connectivity index (χ2v) is 7.88. The number of carbonyl (C=O) groups excluding carboxylic acids is 1. The summed E-state index contributed by atoms with van der Waals surface area (Å²) in [5.74, 6) is -0.122. The van der Waals surface area contributed by atoms with Crippen LogP contribution in [0.3, 0.4) is 0 Å². The molecule has 1 aliphatic carbocycles. The van der Waals surface area contributed by atoms with Gasteiger partial charge >= 0.3 is 0 Å². The van der Waals surface area contributed by atoms with Crippen molar-refractivity contribution in [1.82, 2.24) is 5.32 Å². The van der Waals surface area contributed by atoms with Crippen molar-refractivity contribution in [1.29, 1.82) is 0 Å². The van der Waals surface area contributed by atoms with Gasteiger partial charge in [0.25, 0.3) is 15.0 Å². The summed E-state index contributed by atoms with van der Waals surface area (Å²) in [6, 6.07) is 13.8. The molecule has 2 aromatic rings. The maximum Gasteiger partial charge on any atom is 0.261 e. The molecule has 114 valence electrons. The Morgan fingerprint density at radius 3 is 2.41 bits per heavy atom. The van der Waals surface area contributed by atoms with Crippen molar-refractivity contribution in [3.8, 4) is 0 Å². The standard InChI is InChI=1S/C16H14ClNO3S/c17-22(20,21)15-7-6-12-8-14(9-13(12)10-15)18-16(19)11-4-2-1-3-5-11/h1-7,10,14H,8-9H2,(H,18,19)/t14-/m1/s1. The monoisotopic (exact) mass is 335 g/mol. The highest BCUT2D eigenvalue weighted by Gasteiger charge is 2.25. The molecule has 0 saturated carbocycles. The van der Waals surface area contributed by atoms with Crippen LogP contribution >= 0.6 is 10.7 Å². The molecule has 22 heavy (non-hydrogen) atoms. The predicted octanol–water partition coefficient (Wildman–Crippen LogP) is 2.51. The SMILES string of the molecule is O=C(N[C@@H]1Cc2ccc(S(=O)(=O)Cl)cc2C1)c1ccccc1. The van der Waals surface area contributed by atoms with Crippen LogP contribution in [0, 0.1) is 0 Å². The van der Waals surface area contributed by atoms with Gasteiger partial charge < -0.3 is 5.32 Å². The van der Waals surface area contributed by atoms with Gasteiger partial charge in [-0.15, -0.1) is 0 Å². The minimum Gasteiger partial charge on any atom is -0.349 e. The summed E-state index contributed by atoms with van der Waals surface area (Å²) < 4.78 is 22.7. The van der Waals surface area contributed by atoms with Gasteiger partial charge in [0.2, 0.25) is 0 Å². The minimum atomic E-state index is -3.72. The first-order valence-corrected chi connectivity index (χ1v) is 9.17. The van der Waals surface area contributed by atoms with Crippen molar-refractivity contribution in [2.24, 2.45) is 0 Å². The van der Waals surface area contributed by atoms with Gasteiger partial charge in [-0.05, 0) is 48.2 Å². The molecule has 1 amide bonds. The quantitative estimate of drug-likeness (QED) is 0.877. The number of carbonyl (C=O) groups is 1. The Morgan fingerprint density at radius 2 is 1.73 bits per heavy atom. The number of halogens is 1. The summed E-state index contributed by atoms with van der Waals surface area (Å²) in [5.41, 5.74) is 2.57. The Kier molecular flexibility index (Phi) is 3.93. The van der Waals surface area contributed by atoms with Crippen LogP contribution in [0.1, 0.15) is 21.5 Å². The molecule has 1 aliphatic rings. The molecule has 0 saturated heterocycles. The Balaban J connectivity index is 1.74. The Morgan fingerprint density at radius 1 is 1.05 bits per heavy atom. The molecule has 3 rings (SSSR count). The molecule has 6 heteroatoms. The van der Waals surface area contributed by atoms with Crippen LogP contribution in [-0.4, -0.2) is 20.4 Å². The van der Waals surface area contributed by atoms with E-state index in [0.717, 1.165) is 11.1 Å². The molecular formula is C16H14ClNO3S. The van der Waals surface area contributed by atoms with Crippen molar-refractivity contribution in [3.63, 3.8) is 0 Å². The van der Waals surface area contributed by atoms with Crippen LogP contribution in [0.2, 0.25) is 0 Å². The normalized spacial score (nSPS) is 17.0. The summed E-state index contributed by atoms with van der Waals surface area (Å²) in [6.45, 7) is 0. The van der Waals surface area contributed by atoms with E-state index in [9.17, 15) is 13.2 Å². The molecule has 0 unspecified atom stereocenters. The van der Waals surface area contributed by atoms with Gasteiger partial charge in [0.1, 0.15) is 0 Å². The molecule has 1 atom stereocenters. The van der Waals surface area contributed by atoms with Crippen molar-refractivity contribution in [2.75, 3.05) is 0 Å². The van der Waals surface area contributed by atoms with E-state index < -0.39 is 9.05 Å². The van der Waals surface area contributed by atoms with Gasteiger partial charge in [0, 0.05) is 22.3 Å². The molecule has 0 spiro atoms. The van der Waals surface area contributed by atoms with Crippen LogP contribution in [0.25, 0.3) is 0 Å². The van der Waals surface area contributed by atoms with Crippen LogP contribution in [0.5, 0.6) is 0 Å². The highest BCUT2D eigenvalue weighted by molar-refractivity contribution is 8.13. The lowest BCUT2D eigenvalue weighted by Crippen LogP contribution is -2.35. The maximum atomic E-state index is 12.1. The third-order valence-electron chi connectivity index (χ3n) is 3.76. The zero-order chi connectivity index (χ0) is 15.7. The maximum absolute atomic E-state index is 12.1. The zero-order valence-electron chi connectivity index (χ0n) is 11.6. The van der Waals surface area contributed by atoms with Crippen molar-refractivity contribution < 1.29 is 13.2 Å². The zero-order valence-corrected chi connectivity index (χ0v) is 13.2. The fourth-order valence-corrected chi connectivity index (χ4v) is 3.51. The van der Waals surface area contributed by atoms with E-state index in [4.69, 9.17) is 10.7 Å². The van der Waals surface area contributed by atoms with Crippen molar-refractivity contribution in [2.45, 2.75) is 23.8 Å². The predicted molar refractivity (Wildman–Crippen MR) is 84.6 cm³/mol. The lowest BCUT2D eigenvalue weighted by atomic mass is 10.1. The highest BCUT2D eigenvalue weighted by atomic mass is 35.7. The summed E-state index contributed by atoms with van der Waals surface area (Å²) >= 11 is 0. The second-order valence-electron chi connectivity index (χ2n) is 5.31. The molecule has 0 heterocycles.